The number of nitrogens with zero attached hydrogens (tertiary/aromatic N) is 1. The summed E-state index contributed by atoms with van der Waals surface area (Å²) in [6, 6.07) is 13.5. The molecular weight excluding hydrogens is 342 g/mol. The third-order valence-electron chi connectivity index (χ3n) is 5.02. The molecule has 3 aromatic rings. The highest BCUT2D eigenvalue weighted by molar-refractivity contribution is 5.94. The molecule has 1 fully saturated rings. The van der Waals surface area contributed by atoms with Crippen molar-refractivity contribution >= 4 is 16.9 Å². The van der Waals surface area contributed by atoms with Crippen LogP contribution in [-0.2, 0) is 11.3 Å². The minimum atomic E-state index is -0.110. The van der Waals surface area contributed by atoms with E-state index in [0.29, 0.717) is 23.9 Å². The molecule has 2 aromatic carbocycles. The second-order valence-electron chi connectivity index (χ2n) is 6.93. The topological polar surface area (TPSA) is 87.2 Å². The van der Waals surface area contributed by atoms with Crippen LogP contribution in [0.3, 0.4) is 0 Å². The lowest BCUT2D eigenvalue weighted by molar-refractivity contribution is 0.0950. The van der Waals surface area contributed by atoms with E-state index in [2.05, 4.69) is 15.3 Å². The first kappa shape index (κ1) is 17.7. The largest absolute Gasteiger partial charge is 0.388 e. The molecule has 0 bridgehead atoms. The van der Waals surface area contributed by atoms with Crippen molar-refractivity contribution in [1.82, 2.24) is 15.3 Å². The molecule has 27 heavy (non-hydrogen) atoms. The van der Waals surface area contributed by atoms with Gasteiger partial charge in [-0.15, -0.1) is 0 Å². The van der Waals surface area contributed by atoms with Gasteiger partial charge in [0.05, 0.1) is 11.0 Å². The maximum Gasteiger partial charge on any atom is 0.251 e. The van der Waals surface area contributed by atoms with Gasteiger partial charge >= 0.3 is 0 Å². The lowest BCUT2D eigenvalue weighted by Crippen LogP contribution is -2.26. The van der Waals surface area contributed by atoms with Crippen molar-refractivity contribution in [3.63, 3.8) is 0 Å². The number of amides is 1. The van der Waals surface area contributed by atoms with Crippen LogP contribution in [0.1, 0.15) is 29.0 Å². The number of ether oxygens (including phenoxy) is 1. The third kappa shape index (κ3) is 4.02. The van der Waals surface area contributed by atoms with Crippen molar-refractivity contribution in [2.45, 2.75) is 19.4 Å². The molecule has 1 amide bonds. The Balaban J connectivity index is 1.41. The Morgan fingerprint density at radius 3 is 2.78 bits per heavy atom. The van der Waals surface area contributed by atoms with Crippen LogP contribution in [0.25, 0.3) is 22.2 Å². The highest BCUT2D eigenvalue weighted by atomic mass is 16.5. The monoisotopic (exact) mass is 365 g/mol. The van der Waals surface area contributed by atoms with Crippen molar-refractivity contribution in [3.8, 4) is 11.1 Å². The van der Waals surface area contributed by atoms with Gasteiger partial charge in [0.15, 0.2) is 0 Å². The normalized spacial score (nSPS) is 16.7. The first-order chi connectivity index (χ1) is 13.2. The van der Waals surface area contributed by atoms with E-state index in [1.165, 1.54) is 0 Å². The van der Waals surface area contributed by atoms with Crippen LogP contribution in [0.4, 0.5) is 0 Å². The van der Waals surface area contributed by atoms with Crippen LogP contribution >= 0.6 is 0 Å². The van der Waals surface area contributed by atoms with Crippen molar-refractivity contribution in [2.24, 2.45) is 5.92 Å². The van der Waals surface area contributed by atoms with Gasteiger partial charge < -0.3 is 20.1 Å². The molecule has 140 valence electrons. The zero-order valence-electron chi connectivity index (χ0n) is 15.1. The van der Waals surface area contributed by atoms with Crippen LogP contribution < -0.4 is 5.32 Å². The summed E-state index contributed by atoms with van der Waals surface area (Å²) in [6.07, 6.45) is 2.05. The molecule has 3 N–H and O–H groups in total. The highest BCUT2D eigenvalue weighted by Crippen LogP contribution is 2.24. The highest BCUT2D eigenvalue weighted by Gasteiger charge is 2.15. The summed E-state index contributed by atoms with van der Waals surface area (Å²) in [5, 5.41) is 12.2. The molecule has 2 heterocycles. The Hall–Kier alpha value is -2.70. The van der Waals surface area contributed by atoms with Crippen molar-refractivity contribution in [1.29, 1.82) is 0 Å². The second-order valence-corrected chi connectivity index (χ2v) is 6.93. The van der Waals surface area contributed by atoms with E-state index in [9.17, 15) is 9.90 Å². The summed E-state index contributed by atoms with van der Waals surface area (Å²) in [4.78, 5) is 19.7. The molecule has 0 saturated carbocycles. The summed E-state index contributed by atoms with van der Waals surface area (Å²) in [5.41, 5.74) is 4.42. The average Bonchev–Trinajstić information content (AvgIpc) is 3.36. The Morgan fingerprint density at radius 2 is 2.04 bits per heavy atom. The first-order valence-electron chi connectivity index (χ1n) is 9.29. The van der Waals surface area contributed by atoms with Crippen LogP contribution in [0.5, 0.6) is 0 Å². The van der Waals surface area contributed by atoms with E-state index in [4.69, 9.17) is 4.74 Å². The summed E-state index contributed by atoms with van der Waals surface area (Å²) in [6.45, 7) is 2.22. The Bertz CT molecular complexity index is 927. The number of carbonyl (C=O) groups excluding carboxylic acids is 1. The first-order valence-corrected chi connectivity index (χ1v) is 9.29. The molecule has 1 aliphatic heterocycles. The predicted molar refractivity (Wildman–Crippen MR) is 103 cm³/mol. The molecule has 0 aliphatic carbocycles. The van der Waals surface area contributed by atoms with Crippen molar-refractivity contribution in [2.75, 3.05) is 19.8 Å². The van der Waals surface area contributed by atoms with Gasteiger partial charge in [-0.05, 0) is 54.2 Å². The molecule has 0 spiro atoms. The zero-order valence-corrected chi connectivity index (χ0v) is 15.1. The fraction of sp³-hybridized carbons (Fsp3) is 0.333. The van der Waals surface area contributed by atoms with Gasteiger partial charge in [-0.2, -0.15) is 0 Å². The number of aliphatic hydroxyl groups excluding tert-OH is 1. The minimum absolute atomic E-state index is 0.0444. The molecule has 1 saturated heterocycles. The predicted octanol–water partition coefficient (Wildman–Crippen LogP) is 2.88. The molecule has 6 heteroatoms. The fourth-order valence-electron chi connectivity index (χ4n) is 3.43. The van der Waals surface area contributed by atoms with E-state index in [-0.39, 0.29) is 12.5 Å². The van der Waals surface area contributed by atoms with Crippen LogP contribution in [0.15, 0.2) is 42.5 Å². The number of benzene rings is 2. The molecule has 1 atom stereocenters. The summed E-state index contributed by atoms with van der Waals surface area (Å²) in [5.74, 6) is 1.08. The van der Waals surface area contributed by atoms with Gasteiger partial charge in [0.25, 0.3) is 5.91 Å². The van der Waals surface area contributed by atoms with E-state index < -0.39 is 0 Å². The second kappa shape index (κ2) is 7.90. The smallest absolute Gasteiger partial charge is 0.251 e. The van der Waals surface area contributed by atoms with Crippen LogP contribution in [0, 0.1) is 5.92 Å². The summed E-state index contributed by atoms with van der Waals surface area (Å²) in [7, 11) is 0. The number of fused-ring (bicyclic) bond motifs is 1. The standard InChI is InChI=1S/C21H23N3O3/c25-12-20-23-18-6-5-17(11-19(18)24-20)15-1-3-16(4-2-15)21(26)22-9-7-14-8-10-27-13-14/h1-6,11,14,25H,7-10,12-13H2,(H,22,26)(H,23,24)/t14-/m1/s1. The van der Waals surface area contributed by atoms with E-state index >= 15 is 0 Å². The molecular formula is C21H23N3O3. The lowest BCUT2D eigenvalue weighted by atomic mass is 10.0. The molecule has 0 radical (unpaired) electrons. The number of rotatable bonds is 6. The quantitative estimate of drug-likeness (QED) is 0.627. The summed E-state index contributed by atoms with van der Waals surface area (Å²) >= 11 is 0. The number of hydrogen-bond acceptors (Lipinski definition) is 4. The summed E-state index contributed by atoms with van der Waals surface area (Å²) < 4.78 is 5.36. The molecule has 0 unspecified atom stereocenters. The van der Waals surface area contributed by atoms with Gasteiger partial charge in [0, 0.05) is 25.3 Å². The molecule has 6 nitrogen and oxygen atoms in total. The molecule has 1 aliphatic rings. The van der Waals surface area contributed by atoms with Gasteiger partial charge in [0.1, 0.15) is 12.4 Å². The number of hydrogen-bond donors (Lipinski definition) is 3. The number of aromatic nitrogens is 2. The van der Waals surface area contributed by atoms with E-state index in [1.807, 2.05) is 42.5 Å². The van der Waals surface area contributed by atoms with Crippen molar-refractivity contribution in [3.05, 3.63) is 53.9 Å². The van der Waals surface area contributed by atoms with Gasteiger partial charge in [-0.1, -0.05) is 18.2 Å². The van der Waals surface area contributed by atoms with Gasteiger partial charge in [0.2, 0.25) is 0 Å². The maximum absolute atomic E-state index is 12.3. The Morgan fingerprint density at radius 1 is 1.22 bits per heavy atom. The third-order valence-corrected chi connectivity index (χ3v) is 5.02. The fourth-order valence-corrected chi connectivity index (χ4v) is 3.43. The van der Waals surface area contributed by atoms with Gasteiger partial charge in [-0.3, -0.25) is 4.79 Å². The van der Waals surface area contributed by atoms with Crippen LogP contribution in [0.2, 0.25) is 0 Å². The SMILES string of the molecule is O=C(NCC[C@@H]1CCOC1)c1ccc(-c2ccc3nc(CO)[nH]c3c2)cc1. The average molecular weight is 365 g/mol. The van der Waals surface area contributed by atoms with Gasteiger partial charge in [-0.25, -0.2) is 4.98 Å². The number of aliphatic hydroxyl groups is 1. The van der Waals surface area contributed by atoms with Crippen molar-refractivity contribution < 1.29 is 14.6 Å². The van der Waals surface area contributed by atoms with Crippen LogP contribution in [-0.4, -0.2) is 40.7 Å². The lowest BCUT2D eigenvalue weighted by Gasteiger charge is -2.09. The number of imidazole rings is 1. The number of aromatic amines is 1. The number of nitrogens with one attached hydrogen (secondary N) is 2. The molecule has 4 rings (SSSR count). The number of H-pyrrole nitrogens is 1. The Labute approximate surface area is 157 Å². The zero-order chi connectivity index (χ0) is 18.6. The van der Waals surface area contributed by atoms with E-state index in [0.717, 1.165) is 48.2 Å². The maximum atomic E-state index is 12.3. The number of carbonyl (C=O) groups is 1. The Kier molecular flexibility index (Phi) is 5.18. The van der Waals surface area contributed by atoms with E-state index in [1.54, 1.807) is 0 Å². The molecule has 1 aromatic heterocycles. The minimum Gasteiger partial charge on any atom is -0.388 e.